The van der Waals surface area contributed by atoms with Gasteiger partial charge in [-0.3, -0.25) is 0 Å². The first-order valence-electron chi connectivity index (χ1n) is 7.22. The molecule has 112 valence electrons. The van der Waals surface area contributed by atoms with Gasteiger partial charge >= 0.3 is 0 Å². The van der Waals surface area contributed by atoms with Crippen molar-refractivity contribution < 1.29 is 0 Å². The molecule has 0 unspecified atom stereocenters. The predicted molar refractivity (Wildman–Crippen MR) is 88.8 cm³/mol. The second-order valence-electron chi connectivity index (χ2n) is 6.68. The Labute approximate surface area is 134 Å². The van der Waals surface area contributed by atoms with Crippen LogP contribution in [0.5, 0.6) is 0 Å². The SMILES string of the molecule is CC(C)(C)Cn1c(Cc2ccsc2)cc2cnc(C#N)nc21. The topological polar surface area (TPSA) is 54.5 Å². The highest BCUT2D eigenvalue weighted by Gasteiger charge is 2.18. The molecule has 0 aromatic carbocycles. The molecular formula is C17H18N4S. The highest BCUT2D eigenvalue weighted by atomic mass is 32.1. The summed E-state index contributed by atoms with van der Waals surface area (Å²) in [6.07, 6.45) is 2.62. The van der Waals surface area contributed by atoms with Crippen LogP contribution in [0.15, 0.2) is 29.1 Å². The van der Waals surface area contributed by atoms with E-state index in [0.29, 0.717) is 0 Å². The lowest BCUT2D eigenvalue weighted by Gasteiger charge is -2.21. The van der Waals surface area contributed by atoms with Gasteiger partial charge in [0, 0.05) is 30.2 Å². The van der Waals surface area contributed by atoms with E-state index in [0.717, 1.165) is 24.0 Å². The predicted octanol–water partition coefficient (Wildman–Crippen LogP) is 4.00. The second kappa shape index (κ2) is 5.54. The van der Waals surface area contributed by atoms with Crippen LogP contribution < -0.4 is 0 Å². The molecule has 0 aliphatic heterocycles. The van der Waals surface area contributed by atoms with Crippen LogP contribution in [0.2, 0.25) is 0 Å². The fourth-order valence-electron chi connectivity index (χ4n) is 2.55. The minimum absolute atomic E-state index is 0.132. The average Bonchev–Trinajstić information content (AvgIpc) is 3.07. The Balaban J connectivity index is 2.13. The number of hydrogen-bond acceptors (Lipinski definition) is 4. The molecule has 0 amide bonds. The van der Waals surface area contributed by atoms with Gasteiger partial charge < -0.3 is 4.57 Å². The Morgan fingerprint density at radius 1 is 1.36 bits per heavy atom. The highest BCUT2D eigenvalue weighted by molar-refractivity contribution is 7.07. The van der Waals surface area contributed by atoms with Crippen LogP contribution >= 0.6 is 11.3 Å². The van der Waals surface area contributed by atoms with Gasteiger partial charge in [-0.2, -0.15) is 16.6 Å². The van der Waals surface area contributed by atoms with Gasteiger partial charge in [-0.15, -0.1) is 0 Å². The van der Waals surface area contributed by atoms with Gasteiger partial charge in [0.2, 0.25) is 5.82 Å². The summed E-state index contributed by atoms with van der Waals surface area (Å²) in [4.78, 5) is 8.51. The van der Waals surface area contributed by atoms with Crippen LogP contribution in [0.3, 0.4) is 0 Å². The van der Waals surface area contributed by atoms with Crippen molar-refractivity contribution in [3.05, 3.63) is 46.2 Å². The fraction of sp³-hybridized carbons (Fsp3) is 0.353. The molecule has 0 aliphatic rings. The lowest BCUT2D eigenvalue weighted by molar-refractivity contribution is 0.344. The molecule has 3 aromatic heterocycles. The molecule has 3 rings (SSSR count). The molecular weight excluding hydrogens is 292 g/mol. The largest absolute Gasteiger partial charge is 0.329 e. The molecule has 0 spiro atoms. The van der Waals surface area contributed by atoms with Crippen molar-refractivity contribution in [3.63, 3.8) is 0 Å². The van der Waals surface area contributed by atoms with E-state index in [1.54, 1.807) is 17.5 Å². The Bertz CT molecular complexity index is 832. The van der Waals surface area contributed by atoms with Gasteiger partial charge in [0.1, 0.15) is 11.7 Å². The summed E-state index contributed by atoms with van der Waals surface area (Å²) in [6, 6.07) is 6.32. The number of fused-ring (bicyclic) bond motifs is 1. The summed E-state index contributed by atoms with van der Waals surface area (Å²) in [5.74, 6) is 0.225. The molecule has 4 nitrogen and oxygen atoms in total. The molecule has 0 radical (unpaired) electrons. The molecule has 3 aromatic rings. The second-order valence-corrected chi connectivity index (χ2v) is 7.46. The Kier molecular flexibility index (Phi) is 3.71. The van der Waals surface area contributed by atoms with E-state index in [2.05, 4.69) is 58.2 Å². The first-order valence-corrected chi connectivity index (χ1v) is 8.17. The summed E-state index contributed by atoms with van der Waals surface area (Å²) in [6.45, 7) is 7.48. The lowest BCUT2D eigenvalue weighted by atomic mass is 9.96. The third-order valence-corrected chi connectivity index (χ3v) is 4.15. The van der Waals surface area contributed by atoms with E-state index in [1.165, 1.54) is 11.3 Å². The zero-order chi connectivity index (χ0) is 15.7. The van der Waals surface area contributed by atoms with Gasteiger partial charge in [-0.05, 0) is 33.9 Å². The maximum atomic E-state index is 9.05. The first-order chi connectivity index (χ1) is 10.5. The summed E-state index contributed by atoms with van der Waals surface area (Å²) in [5.41, 5.74) is 3.50. The maximum absolute atomic E-state index is 9.05. The number of nitrogens with zero attached hydrogens (tertiary/aromatic N) is 4. The molecule has 0 aliphatic carbocycles. The number of rotatable bonds is 3. The van der Waals surface area contributed by atoms with Gasteiger partial charge in [0.15, 0.2) is 0 Å². The average molecular weight is 310 g/mol. The zero-order valence-corrected chi connectivity index (χ0v) is 13.8. The van der Waals surface area contributed by atoms with Gasteiger partial charge in [-0.1, -0.05) is 20.8 Å². The molecule has 0 saturated carbocycles. The number of aromatic nitrogens is 3. The molecule has 3 heterocycles. The van der Waals surface area contributed by atoms with Crippen molar-refractivity contribution in [2.45, 2.75) is 33.7 Å². The number of thiophene rings is 1. The quantitative estimate of drug-likeness (QED) is 0.734. The Morgan fingerprint density at radius 3 is 2.82 bits per heavy atom. The standard InChI is InChI=1S/C17H18N4S/c1-17(2,3)11-21-14(6-12-4-5-22-10-12)7-13-9-19-15(8-18)20-16(13)21/h4-5,7,9-10H,6,11H2,1-3H3. The molecule has 5 heteroatoms. The smallest absolute Gasteiger partial charge is 0.234 e. The summed E-state index contributed by atoms with van der Waals surface area (Å²) >= 11 is 1.71. The van der Waals surface area contributed by atoms with Crippen molar-refractivity contribution in [2.75, 3.05) is 0 Å². The summed E-state index contributed by atoms with van der Waals surface area (Å²) < 4.78 is 2.23. The van der Waals surface area contributed by atoms with E-state index in [4.69, 9.17) is 5.26 Å². The van der Waals surface area contributed by atoms with Gasteiger partial charge in [-0.25, -0.2) is 9.97 Å². The van der Waals surface area contributed by atoms with Crippen molar-refractivity contribution in [2.24, 2.45) is 5.41 Å². The van der Waals surface area contributed by atoms with Crippen molar-refractivity contribution >= 4 is 22.4 Å². The van der Waals surface area contributed by atoms with Crippen molar-refractivity contribution in [1.29, 1.82) is 5.26 Å². The first kappa shape index (κ1) is 14.7. The number of nitriles is 1. The third kappa shape index (κ3) is 3.02. The minimum Gasteiger partial charge on any atom is -0.329 e. The fourth-order valence-corrected chi connectivity index (χ4v) is 3.22. The van der Waals surface area contributed by atoms with Crippen LogP contribution in [0, 0.1) is 16.7 Å². The molecule has 0 bridgehead atoms. The molecule has 0 atom stereocenters. The lowest BCUT2D eigenvalue weighted by Crippen LogP contribution is -2.18. The van der Waals surface area contributed by atoms with E-state index < -0.39 is 0 Å². The molecule has 0 fully saturated rings. The zero-order valence-electron chi connectivity index (χ0n) is 13.0. The van der Waals surface area contributed by atoms with Crippen LogP contribution in [0.25, 0.3) is 11.0 Å². The van der Waals surface area contributed by atoms with E-state index in [-0.39, 0.29) is 11.2 Å². The van der Waals surface area contributed by atoms with E-state index in [1.807, 2.05) is 6.07 Å². The van der Waals surface area contributed by atoms with Gasteiger partial charge in [0.05, 0.1) is 0 Å². The molecule has 0 saturated heterocycles. The number of hydrogen-bond donors (Lipinski definition) is 0. The van der Waals surface area contributed by atoms with E-state index in [9.17, 15) is 0 Å². The third-order valence-electron chi connectivity index (χ3n) is 3.42. The minimum atomic E-state index is 0.132. The Hall–Kier alpha value is -2.19. The molecule has 22 heavy (non-hydrogen) atoms. The Morgan fingerprint density at radius 2 is 2.18 bits per heavy atom. The van der Waals surface area contributed by atoms with Gasteiger partial charge in [0.25, 0.3) is 0 Å². The summed E-state index contributed by atoms with van der Waals surface area (Å²) in [5, 5.41) is 14.3. The maximum Gasteiger partial charge on any atom is 0.234 e. The monoisotopic (exact) mass is 310 g/mol. The van der Waals surface area contributed by atoms with Crippen LogP contribution in [0.4, 0.5) is 0 Å². The van der Waals surface area contributed by atoms with Crippen LogP contribution in [0.1, 0.15) is 37.9 Å². The normalized spacial score (nSPS) is 11.7. The van der Waals surface area contributed by atoms with E-state index >= 15 is 0 Å². The van der Waals surface area contributed by atoms with Crippen LogP contribution in [-0.2, 0) is 13.0 Å². The summed E-state index contributed by atoms with van der Waals surface area (Å²) in [7, 11) is 0. The molecule has 0 N–H and O–H groups in total. The van der Waals surface area contributed by atoms with Crippen molar-refractivity contribution in [1.82, 2.24) is 14.5 Å². The highest BCUT2D eigenvalue weighted by Crippen LogP contribution is 2.26. The van der Waals surface area contributed by atoms with Crippen LogP contribution in [-0.4, -0.2) is 14.5 Å². The van der Waals surface area contributed by atoms with Crippen molar-refractivity contribution in [3.8, 4) is 6.07 Å².